The lowest BCUT2D eigenvalue weighted by Crippen LogP contribution is -2.35. The van der Waals surface area contributed by atoms with E-state index in [4.69, 9.17) is 15.5 Å². The van der Waals surface area contributed by atoms with Gasteiger partial charge in [0.15, 0.2) is 16.2 Å². The van der Waals surface area contributed by atoms with Gasteiger partial charge in [-0.05, 0) is 18.2 Å². The molecule has 1 aromatic heterocycles. The minimum atomic E-state index is -4.88. The van der Waals surface area contributed by atoms with Gasteiger partial charge >= 0.3 is 10.1 Å². The maximum absolute atomic E-state index is 12.7. The van der Waals surface area contributed by atoms with Crippen LogP contribution in [-0.2, 0) is 20.2 Å². The highest BCUT2D eigenvalue weighted by atomic mass is 32.2. The first-order valence-corrected chi connectivity index (χ1v) is 15.3. The Labute approximate surface area is 240 Å². The number of aromatic nitrogens is 2. The summed E-state index contributed by atoms with van der Waals surface area (Å²) in [5, 5.41) is 3.72. The van der Waals surface area contributed by atoms with Crippen LogP contribution in [0.25, 0.3) is 38.5 Å². The number of nitrogen functional groups attached to an aromatic ring is 1. The third-order valence-electron chi connectivity index (χ3n) is 6.81. The van der Waals surface area contributed by atoms with Gasteiger partial charge in [-0.15, -0.1) is 4.57 Å². The van der Waals surface area contributed by atoms with Crippen molar-refractivity contribution in [3.05, 3.63) is 91.0 Å². The van der Waals surface area contributed by atoms with Crippen LogP contribution in [0.5, 0.6) is 5.75 Å². The van der Waals surface area contributed by atoms with Crippen molar-refractivity contribution in [2.45, 2.75) is 9.79 Å². The standard InChI is InChI=1S/C29H22N4O7S2/c1-40-23-15-20(30)29(42(37,38)39)28-27(23)32-26-19-13-8-14-24(41(34,35)36)25(19)21(31-17-9-4-2-5-10-17)16-22(26)33(28)18-11-6-3-7-12-18/h2-16H,1H3,(H4,30,31,34,35,36,37,38,39)/p+1. The summed E-state index contributed by atoms with van der Waals surface area (Å²) >= 11 is 0. The third kappa shape index (κ3) is 4.54. The number of rotatable bonds is 6. The molecule has 0 saturated carbocycles. The Bertz CT molecular complexity index is 2260. The van der Waals surface area contributed by atoms with Crippen molar-refractivity contribution in [1.29, 1.82) is 0 Å². The molecule has 13 heteroatoms. The fourth-order valence-corrected chi connectivity index (χ4v) is 6.67. The van der Waals surface area contributed by atoms with E-state index in [2.05, 4.69) is 5.32 Å². The first-order chi connectivity index (χ1) is 20.0. The minimum Gasteiger partial charge on any atom is -0.494 e. The monoisotopic (exact) mass is 603 g/mol. The predicted molar refractivity (Wildman–Crippen MR) is 159 cm³/mol. The second-order valence-electron chi connectivity index (χ2n) is 9.39. The molecule has 0 aliphatic heterocycles. The normalized spacial score (nSPS) is 12.2. The number of benzene rings is 5. The SMILES string of the molecule is COc1cc(N)c(S(=O)(=O)O)c2c1nc1c3cccc(S(=O)(=O)O)c3c(Nc3ccccc3)cc1[n+]2-c1ccccc1. The molecular formula is C29H23N4O7S2+. The molecule has 0 unspecified atom stereocenters. The number of hydrogen-bond acceptors (Lipinski definition) is 8. The molecule has 1 heterocycles. The zero-order valence-corrected chi connectivity index (χ0v) is 23.5. The Kier molecular flexibility index (Phi) is 6.46. The van der Waals surface area contributed by atoms with Crippen LogP contribution in [0.1, 0.15) is 0 Å². The van der Waals surface area contributed by atoms with Crippen LogP contribution in [0.2, 0.25) is 0 Å². The molecule has 0 amide bonds. The zero-order chi connectivity index (χ0) is 29.8. The van der Waals surface area contributed by atoms with Gasteiger partial charge < -0.3 is 15.8 Å². The molecule has 0 fully saturated rings. The van der Waals surface area contributed by atoms with Crippen LogP contribution in [0.3, 0.4) is 0 Å². The molecule has 42 heavy (non-hydrogen) atoms. The fourth-order valence-electron chi connectivity index (χ4n) is 5.16. The summed E-state index contributed by atoms with van der Waals surface area (Å²) in [5.41, 5.74) is 7.88. The first-order valence-electron chi connectivity index (χ1n) is 12.4. The van der Waals surface area contributed by atoms with E-state index < -0.39 is 25.1 Å². The number of nitrogens with zero attached hydrogens (tertiary/aromatic N) is 2. The lowest BCUT2D eigenvalue weighted by atomic mass is 10.0. The van der Waals surface area contributed by atoms with Crippen molar-refractivity contribution in [3.63, 3.8) is 0 Å². The molecule has 0 atom stereocenters. The number of nitrogens with two attached hydrogens (primary N) is 1. The average Bonchev–Trinajstić information content (AvgIpc) is 2.95. The molecule has 0 aliphatic rings. The molecule has 0 radical (unpaired) electrons. The second-order valence-corrected chi connectivity index (χ2v) is 12.1. The number of fused-ring (bicyclic) bond motifs is 4. The van der Waals surface area contributed by atoms with E-state index in [1.165, 1.54) is 25.3 Å². The van der Waals surface area contributed by atoms with Crippen molar-refractivity contribution in [3.8, 4) is 11.4 Å². The maximum Gasteiger partial charge on any atom is 0.303 e. The average molecular weight is 604 g/mol. The van der Waals surface area contributed by atoms with Gasteiger partial charge in [-0.3, -0.25) is 9.11 Å². The molecule has 0 saturated heterocycles. The summed E-state index contributed by atoms with van der Waals surface area (Å²) in [5.74, 6) is 0.118. The van der Waals surface area contributed by atoms with Gasteiger partial charge in [-0.25, -0.2) is 4.98 Å². The molecule has 5 aromatic carbocycles. The number of methoxy groups -OCH3 is 1. The van der Waals surface area contributed by atoms with Crippen LogP contribution in [-0.4, -0.2) is 38.0 Å². The van der Waals surface area contributed by atoms with E-state index in [1.54, 1.807) is 71.3 Å². The fraction of sp³-hybridized carbons (Fsp3) is 0.0345. The number of nitrogens with one attached hydrogen (secondary N) is 1. The number of hydrogen-bond donors (Lipinski definition) is 4. The van der Waals surface area contributed by atoms with Crippen LogP contribution < -0.4 is 20.4 Å². The van der Waals surface area contributed by atoms with Crippen molar-refractivity contribution >= 4 is 70.1 Å². The molecule has 212 valence electrons. The minimum absolute atomic E-state index is 0.0398. The number of anilines is 3. The highest BCUT2D eigenvalue weighted by Crippen LogP contribution is 2.40. The molecule has 6 aromatic rings. The van der Waals surface area contributed by atoms with Crippen LogP contribution in [0, 0.1) is 0 Å². The lowest BCUT2D eigenvalue weighted by molar-refractivity contribution is -0.539. The molecule has 0 spiro atoms. The quantitative estimate of drug-likeness (QED) is 0.0690. The van der Waals surface area contributed by atoms with Gasteiger partial charge in [-0.2, -0.15) is 16.8 Å². The van der Waals surface area contributed by atoms with Crippen molar-refractivity contribution in [2.24, 2.45) is 0 Å². The smallest absolute Gasteiger partial charge is 0.303 e. The second kappa shape index (κ2) is 9.92. The summed E-state index contributed by atoms with van der Waals surface area (Å²) in [4.78, 5) is 3.85. The van der Waals surface area contributed by atoms with Crippen molar-refractivity contribution < 1.29 is 35.2 Å². The van der Waals surface area contributed by atoms with Crippen molar-refractivity contribution in [2.75, 3.05) is 18.2 Å². The van der Waals surface area contributed by atoms with Crippen LogP contribution >= 0.6 is 0 Å². The largest absolute Gasteiger partial charge is 0.494 e. The first kappa shape index (κ1) is 27.4. The van der Waals surface area contributed by atoms with Crippen LogP contribution in [0.4, 0.5) is 17.1 Å². The Morgan fingerprint density at radius 3 is 2.12 bits per heavy atom. The lowest BCUT2D eigenvalue weighted by Gasteiger charge is -2.16. The van der Waals surface area contributed by atoms with Crippen molar-refractivity contribution in [1.82, 2.24) is 4.98 Å². The summed E-state index contributed by atoms with van der Waals surface area (Å²) in [6.07, 6.45) is 0. The van der Waals surface area contributed by atoms with E-state index >= 15 is 0 Å². The molecule has 0 aliphatic carbocycles. The predicted octanol–water partition coefficient (Wildman–Crippen LogP) is 4.65. The third-order valence-corrected chi connectivity index (χ3v) is 8.65. The zero-order valence-electron chi connectivity index (χ0n) is 21.9. The summed E-state index contributed by atoms with van der Waals surface area (Å²) in [6, 6.07) is 24.9. The molecule has 6 rings (SSSR count). The van der Waals surface area contributed by atoms with Gasteiger partial charge in [0.05, 0.1) is 18.5 Å². The van der Waals surface area contributed by atoms with Gasteiger partial charge in [0, 0.05) is 40.7 Å². The molecule has 11 nitrogen and oxygen atoms in total. The Hall–Kier alpha value is -4.82. The van der Waals surface area contributed by atoms with Crippen LogP contribution in [0.15, 0.2) is 101 Å². The van der Waals surface area contributed by atoms with E-state index in [0.717, 1.165) is 0 Å². The topological polar surface area (TPSA) is 173 Å². The number of para-hydroxylation sites is 2. The Morgan fingerprint density at radius 1 is 0.833 bits per heavy atom. The molecular weight excluding hydrogens is 580 g/mol. The molecule has 5 N–H and O–H groups in total. The van der Waals surface area contributed by atoms with Gasteiger partial charge in [0.25, 0.3) is 15.6 Å². The highest BCUT2D eigenvalue weighted by Gasteiger charge is 2.34. The Morgan fingerprint density at radius 2 is 1.50 bits per heavy atom. The van der Waals surface area contributed by atoms with Gasteiger partial charge in [0.1, 0.15) is 10.4 Å². The maximum atomic E-state index is 12.7. The van der Waals surface area contributed by atoms with Gasteiger partial charge in [-0.1, -0.05) is 48.5 Å². The summed E-state index contributed by atoms with van der Waals surface area (Å²) in [7, 11) is -8.21. The summed E-state index contributed by atoms with van der Waals surface area (Å²) < 4.78 is 78.2. The molecule has 0 bridgehead atoms. The van der Waals surface area contributed by atoms with E-state index in [0.29, 0.717) is 22.3 Å². The Balaban J connectivity index is 1.93. The van der Waals surface area contributed by atoms with E-state index in [-0.39, 0.29) is 44.0 Å². The number of ether oxygens (including phenoxy) is 1. The highest BCUT2D eigenvalue weighted by molar-refractivity contribution is 7.86. The van der Waals surface area contributed by atoms with Gasteiger partial charge in [0.2, 0.25) is 11.2 Å². The van der Waals surface area contributed by atoms with E-state index in [1.807, 2.05) is 6.07 Å². The van der Waals surface area contributed by atoms with E-state index in [9.17, 15) is 25.9 Å². The summed E-state index contributed by atoms with van der Waals surface area (Å²) in [6.45, 7) is 0.